The Balaban J connectivity index is 1.49. The standard InChI is InChI=1S/C44H33NO3S3/c1-29(46)49-41-22-16-38(17-23-41)44(39-18-24-42(25-19-39)50-30(2)47,40-20-26-43(27-21-40)51-31(3)48)37-14-12-36(13-15-37)35-10-8-34(9-11-35)33-6-4-32(28-45)5-7-33/h4-27H,1-3H3. The molecule has 0 fully saturated rings. The molecule has 0 heterocycles. The molecule has 0 N–H and O–H groups in total. The van der Waals surface area contributed by atoms with Crippen LogP contribution in [-0.4, -0.2) is 15.3 Å². The maximum absolute atomic E-state index is 11.9. The van der Waals surface area contributed by atoms with Crippen LogP contribution in [0.4, 0.5) is 0 Å². The Morgan fingerprint density at radius 1 is 0.412 bits per heavy atom. The molecule has 0 amide bonds. The Bertz CT molecular complexity index is 2080. The maximum atomic E-state index is 11.9. The van der Waals surface area contributed by atoms with Crippen molar-refractivity contribution >= 4 is 50.6 Å². The smallest absolute Gasteiger partial charge is 0.190 e. The molecule has 0 radical (unpaired) electrons. The van der Waals surface area contributed by atoms with Gasteiger partial charge in [0.05, 0.1) is 17.0 Å². The summed E-state index contributed by atoms with van der Waals surface area (Å²) in [7, 11) is 0. The van der Waals surface area contributed by atoms with Crippen molar-refractivity contribution < 1.29 is 14.4 Å². The summed E-state index contributed by atoms with van der Waals surface area (Å²) in [6, 6.07) is 51.2. The quantitative estimate of drug-likeness (QED) is 0.109. The number of rotatable bonds is 9. The first kappa shape index (κ1) is 35.7. The van der Waals surface area contributed by atoms with Crippen molar-refractivity contribution in [1.29, 1.82) is 5.26 Å². The molecule has 0 saturated heterocycles. The second-order valence-corrected chi connectivity index (χ2v) is 15.7. The van der Waals surface area contributed by atoms with Gasteiger partial charge >= 0.3 is 0 Å². The molecule has 4 nitrogen and oxygen atoms in total. The van der Waals surface area contributed by atoms with E-state index in [1.165, 1.54) is 35.3 Å². The van der Waals surface area contributed by atoms with Gasteiger partial charge in [0.2, 0.25) is 0 Å². The highest BCUT2D eigenvalue weighted by atomic mass is 32.2. The van der Waals surface area contributed by atoms with E-state index in [0.717, 1.165) is 59.2 Å². The first-order valence-electron chi connectivity index (χ1n) is 16.2. The van der Waals surface area contributed by atoms with E-state index in [1.807, 2.05) is 60.7 Å². The Hall–Kier alpha value is -5.13. The van der Waals surface area contributed by atoms with Gasteiger partial charge in [0, 0.05) is 35.5 Å². The van der Waals surface area contributed by atoms with Gasteiger partial charge in [-0.1, -0.05) is 132 Å². The Kier molecular flexibility index (Phi) is 11.1. The van der Waals surface area contributed by atoms with Gasteiger partial charge in [-0.05, 0) is 93.0 Å². The molecule has 0 unspecified atom stereocenters. The zero-order valence-electron chi connectivity index (χ0n) is 28.3. The average Bonchev–Trinajstić information content (AvgIpc) is 3.13. The Labute approximate surface area is 311 Å². The third kappa shape index (κ3) is 8.10. The van der Waals surface area contributed by atoms with Gasteiger partial charge in [-0.3, -0.25) is 14.4 Å². The van der Waals surface area contributed by atoms with Crippen LogP contribution in [0.15, 0.2) is 160 Å². The summed E-state index contributed by atoms with van der Waals surface area (Å²) in [4.78, 5) is 38.4. The van der Waals surface area contributed by atoms with E-state index in [9.17, 15) is 14.4 Å². The van der Waals surface area contributed by atoms with E-state index < -0.39 is 5.41 Å². The van der Waals surface area contributed by atoms with Crippen LogP contribution in [0.1, 0.15) is 48.6 Å². The van der Waals surface area contributed by atoms with Crippen LogP contribution in [0.3, 0.4) is 0 Å². The van der Waals surface area contributed by atoms with Crippen LogP contribution in [0.25, 0.3) is 22.3 Å². The fourth-order valence-corrected chi connectivity index (χ4v) is 8.13. The van der Waals surface area contributed by atoms with Crippen molar-refractivity contribution in [1.82, 2.24) is 0 Å². The molecule has 51 heavy (non-hydrogen) atoms. The van der Waals surface area contributed by atoms with Crippen LogP contribution in [0.2, 0.25) is 0 Å². The van der Waals surface area contributed by atoms with Gasteiger partial charge in [0.1, 0.15) is 0 Å². The van der Waals surface area contributed by atoms with Gasteiger partial charge < -0.3 is 0 Å². The first-order chi connectivity index (χ1) is 24.6. The molecular weight excluding hydrogens is 687 g/mol. The average molecular weight is 720 g/mol. The summed E-state index contributed by atoms with van der Waals surface area (Å²) >= 11 is 3.60. The van der Waals surface area contributed by atoms with E-state index in [0.29, 0.717) is 5.56 Å². The highest BCUT2D eigenvalue weighted by molar-refractivity contribution is 8.14. The third-order valence-electron chi connectivity index (χ3n) is 8.53. The van der Waals surface area contributed by atoms with E-state index in [2.05, 4.69) is 91.0 Å². The largest absolute Gasteiger partial charge is 0.287 e. The van der Waals surface area contributed by atoms with Crippen molar-refractivity contribution in [2.45, 2.75) is 40.9 Å². The number of carbonyl (C=O) groups excluding carboxylic acids is 3. The summed E-state index contributed by atoms with van der Waals surface area (Å²) in [5, 5.41) is 9.22. The Morgan fingerprint density at radius 2 is 0.647 bits per heavy atom. The molecule has 0 aromatic heterocycles. The second-order valence-electron chi connectivity index (χ2n) is 11.9. The lowest BCUT2D eigenvalue weighted by Crippen LogP contribution is -2.31. The minimum Gasteiger partial charge on any atom is -0.287 e. The summed E-state index contributed by atoms with van der Waals surface area (Å²) < 4.78 is 0. The minimum absolute atomic E-state index is 0.0201. The zero-order chi connectivity index (χ0) is 36.0. The molecule has 0 aliphatic rings. The normalized spacial score (nSPS) is 11.1. The predicted molar refractivity (Wildman–Crippen MR) is 210 cm³/mol. The lowest BCUT2D eigenvalue weighted by molar-refractivity contribution is -0.109. The topological polar surface area (TPSA) is 75.0 Å². The van der Waals surface area contributed by atoms with E-state index in [4.69, 9.17) is 5.26 Å². The summed E-state index contributed by atoms with van der Waals surface area (Å²) in [5.41, 5.74) is 8.17. The van der Waals surface area contributed by atoms with E-state index in [1.54, 1.807) is 20.8 Å². The molecule has 0 atom stereocenters. The number of carbonyl (C=O) groups is 3. The SMILES string of the molecule is CC(=O)Sc1ccc(C(c2ccc(SC(C)=O)cc2)(c2ccc(SC(C)=O)cc2)c2ccc(-c3ccc(-c4ccc(C#N)cc4)cc3)cc2)cc1. The lowest BCUT2D eigenvalue weighted by Gasteiger charge is -2.37. The molecule has 0 spiro atoms. The molecule has 7 heteroatoms. The van der Waals surface area contributed by atoms with Crippen molar-refractivity contribution in [2.75, 3.05) is 0 Å². The molecule has 0 bridgehead atoms. The number of nitrogens with zero attached hydrogens (tertiary/aromatic N) is 1. The molecular formula is C44H33NO3S3. The number of thioether (sulfide) groups is 3. The maximum Gasteiger partial charge on any atom is 0.190 e. The van der Waals surface area contributed by atoms with Crippen LogP contribution in [-0.2, 0) is 19.8 Å². The number of benzene rings is 6. The number of hydrogen-bond donors (Lipinski definition) is 0. The van der Waals surface area contributed by atoms with Crippen LogP contribution < -0.4 is 0 Å². The van der Waals surface area contributed by atoms with Crippen LogP contribution in [0.5, 0.6) is 0 Å². The summed E-state index contributed by atoms with van der Waals surface area (Å²) in [5.74, 6) is 0. The fraction of sp³-hybridized carbons (Fsp3) is 0.0909. The molecule has 0 aliphatic carbocycles. The highest BCUT2D eigenvalue weighted by Crippen LogP contribution is 2.47. The third-order valence-corrected chi connectivity index (χ3v) is 10.9. The minimum atomic E-state index is -0.782. The van der Waals surface area contributed by atoms with Gasteiger partial charge in [0.15, 0.2) is 15.3 Å². The first-order valence-corrected chi connectivity index (χ1v) is 18.7. The highest BCUT2D eigenvalue weighted by Gasteiger charge is 2.38. The summed E-state index contributed by atoms with van der Waals surface area (Å²) in [6.07, 6.45) is 0. The monoisotopic (exact) mass is 719 g/mol. The summed E-state index contributed by atoms with van der Waals surface area (Å²) in [6.45, 7) is 4.69. The predicted octanol–water partition coefficient (Wildman–Crippen LogP) is 11.2. The van der Waals surface area contributed by atoms with Gasteiger partial charge in [-0.2, -0.15) is 5.26 Å². The zero-order valence-corrected chi connectivity index (χ0v) is 30.7. The van der Waals surface area contributed by atoms with E-state index in [-0.39, 0.29) is 15.3 Å². The van der Waals surface area contributed by atoms with Crippen LogP contribution >= 0.6 is 35.3 Å². The lowest BCUT2D eigenvalue weighted by atomic mass is 9.65. The van der Waals surface area contributed by atoms with Gasteiger partial charge in [0.25, 0.3) is 0 Å². The van der Waals surface area contributed by atoms with E-state index >= 15 is 0 Å². The molecule has 0 aliphatic heterocycles. The fourth-order valence-electron chi connectivity index (χ4n) is 6.32. The molecule has 6 aromatic rings. The van der Waals surface area contributed by atoms with Crippen molar-refractivity contribution in [3.8, 4) is 28.3 Å². The number of hydrogen-bond acceptors (Lipinski definition) is 7. The molecule has 6 rings (SSSR count). The molecule has 250 valence electrons. The van der Waals surface area contributed by atoms with Gasteiger partial charge in [-0.25, -0.2) is 0 Å². The van der Waals surface area contributed by atoms with Gasteiger partial charge in [-0.15, -0.1) is 0 Å². The Morgan fingerprint density at radius 3 is 0.902 bits per heavy atom. The van der Waals surface area contributed by atoms with Crippen molar-refractivity contribution in [2.24, 2.45) is 0 Å². The molecule has 6 aromatic carbocycles. The van der Waals surface area contributed by atoms with Crippen LogP contribution in [0, 0.1) is 11.3 Å². The molecule has 0 saturated carbocycles. The van der Waals surface area contributed by atoms with Crippen molar-refractivity contribution in [3.63, 3.8) is 0 Å². The number of nitriles is 1. The van der Waals surface area contributed by atoms with Crippen molar-refractivity contribution in [3.05, 3.63) is 173 Å². The second kappa shape index (κ2) is 15.8.